The smallest absolute Gasteiger partial charge is 0.149 e. The van der Waals surface area contributed by atoms with Crippen LogP contribution in [0.1, 0.15) is 0 Å². The van der Waals surface area contributed by atoms with Crippen molar-refractivity contribution in [3.8, 4) is 0 Å². The second kappa shape index (κ2) is 1.75. The molecule has 0 aromatic heterocycles. The Labute approximate surface area is 40.9 Å². The first-order valence-electron chi connectivity index (χ1n) is 1.95. The highest BCUT2D eigenvalue weighted by molar-refractivity contribution is 5.73. The van der Waals surface area contributed by atoms with Crippen molar-refractivity contribution in [3.05, 3.63) is 11.8 Å². The molecule has 1 heterocycles. The van der Waals surface area contributed by atoms with Gasteiger partial charge in [0.2, 0.25) is 0 Å². The highest BCUT2D eigenvalue weighted by atomic mass is 16.6. The zero-order valence-corrected chi connectivity index (χ0v) is 3.68. The Morgan fingerprint density at radius 3 is 3.14 bits per heavy atom. The number of hydrogen-bond donors (Lipinski definition) is 1. The van der Waals surface area contributed by atoms with Gasteiger partial charge < -0.3 is 0 Å². The van der Waals surface area contributed by atoms with Gasteiger partial charge in [0, 0.05) is 11.8 Å². The molecule has 1 aliphatic heterocycles. The standard InChI is InChI=1S/C4H5NO2/c6-2-4-1-5-7-3-4/h1-2,5H,3H2. The van der Waals surface area contributed by atoms with E-state index < -0.39 is 0 Å². The van der Waals surface area contributed by atoms with Gasteiger partial charge in [-0.25, -0.2) is 0 Å². The van der Waals surface area contributed by atoms with E-state index in [0.717, 1.165) is 6.29 Å². The summed E-state index contributed by atoms with van der Waals surface area (Å²) in [6.07, 6.45) is 2.30. The molecule has 0 bridgehead atoms. The van der Waals surface area contributed by atoms with Crippen LogP contribution in [0.2, 0.25) is 0 Å². The van der Waals surface area contributed by atoms with Crippen LogP contribution >= 0.6 is 0 Å². The molecule has 1 aliphatic rings. The van der Waals surface area contributed by atoms with Crippen molar-refractivity contribution in [2.24, 2.45) is 0 Å². The molecule has 0 spiro atoms. The van der Waals surface area contributed by atoms with Crippen LogP contribution in [0, 0.1) is 0 Å². The monoisotopic (exact) mass is 99.0 g/mol. The molecular weight excluding hydrogens is 94.0 g/mol. The van der Waals surface area contributed by atoms with Gasteiger partial charge in [-0.3, -0.25) is 15.1 Å². The molecule has 0 fully saturated rings. The molecule has 0 radical (unpaired) electrons. The summed E-state index contributed by atoms with van der Waals surface area (Å²) in [5, 5.41) is 0. The summed E-state index contributed by atoms with van der Waals surface area (Å²) in [6, 6.07) is 0. The van der Waals surface area contributed by atoms with Crippen molar-refractivity contribution >= 4 is 6.29 Å². The first-order valence-corrected chi connectivity index (χ1v) is 1.95. The fourth-order valence-corrected chi connectivity index (χ4v) is 0.352. The second-order valence-electron chi connectivity index (χ2n) is 1.24. The maximum atomic E-state index is 9.82. The molecule has 3 nitrogen and oxygen atoms in total. The lowest BCUT2D eigenvalue weighted by Crippen LogP contribution is -1.96. The number of aldehydes is 1. The number of hydroxylamine groups is 1. The number of carbonyl (C=O) groups excluding carboxylic acids is 1. The zero-order chi connectivity index (χ0) is 5.11. The molecule has 38 valence electrons. The van der Waals surface area contributed by atoms with Crippen LogP contribution in [-0.2, 0) is 9.63 Å². The Kier molecular flexibility index (Phi) is 1.08. The first kappa shape index (κ1) is 4.33. The third kappa shape index (κ3) is 0.778. The quantitative estimate of drug-likeness (QED) is 0.455. The van der Waals surface area contributed by atoms with Crippen LogP contribution in [0.3, 0.4) is 0 Å². The Morgan fingerprint density at radius 2 is 2.86 bits per heavy atom. The molecule has 0 saturated carbocycles. The van der Waals surface area contributed by atoms with Crippen molar-refractivity contribution in [2.45, 2.75) is 0 Å². The van der Waals surface area contributed by atoms with E-state index in [2.05, 4.69) is 10.3 Å². The van der Waals surface area contributed by atoms with Crippen molar-refractivity contribution < 1.29 is 9.63 Å². The molecule has 7 heavy (non-hydrogen) atoms. The molecule has 0 aromatic rings. The lowest BCUT2D eigenvalue weighted by atomic mass is 10.4. The number of nitrogens with one attached hydrogen (secondary N) is 1. The van der Waals surface area contributed by atoms with Gasteiger partial charge in [-0.15, -0.1) is 0 Å². The van der Waals surface area contributed by atoms with Crippen LogP contribution in [0.5, 0.6) is 0 Å². The maximum Gasteiger partial charge on any atom is 0.149 e. The Bertz CT molecular complexity index is 108. The predicted octanol–water partition coefficient (Wildman–Crippen LogP) is -0.396. The SMILES string of the molecule is O=CC1=CNOC1. The zero-order valence-electron chi connectivity index (χ0n) is 3.68. The van der Waals surface area contributed by atoms with E-state index in [4.69, 9.17) is 0 Å². The largest absolute Gasteiger partial charge is 0.298 e. The third-order valence-electron chi connectivity index (χ3n) is 0.718. The van der Waals surface area contributed by atoms with Crippen LogP contribution in [0.4, 0.5) is 0 Å². The highest BCUT2D eigenvalue weighted by Gasteiger charge is 1.99. The summed E-state index contributed by atoms with van der Waals surface area (Å²) >= 11 is 0. The van der Waals surface area contributed by atoms with Crippen LogP contribution in [0.15, 0.2) is 11.8 Å². The molecule has 0 aliphatic carbocycles. The average Bonchev–Trinajstić information content (AvgIpc) is 2.14. The first-order chi connectivity index (χ1) is 3.43. The molecular formula is C4H5NO2. The topological polar surface area (TPSA) is 38.3 Å². The lowest BCUT2D eigenvalue weighted by molar-refractivity contribution is -0.105. The van der Waals surface area contributed by atoms with Gasteiger partial charge in [-0.05, 0) is 0 Å². The van der Waals surface area contributed by atoms with Gasteiger partial charge >= 0.3 is 0 Å². The normalized spacial score (nSPS) is 18.0. The van der Waals surface area contributed by atoms with E-state index in [9.17, 15) is 4.79 Å². The van der Waals surface area contributed by atoms with E-state index in [0.29, 0.717) is 12.2 Å². The molecule has 0 aromatic carbocycles. The Balaban J connectivity index is 2.51. The summed E-state index contributed by atoms with van der Waals surface area (Å²) in [7, 11) is 0. The molecule has 3 heteroatoms. The summed E-state index contributed by atoms with van der Waals surface area (Å²) in [6.45, 7) is 0.392. The van der Waals surface area contributed by atoms with E-state index >= 15 is 0 Å². The van der Waals surface area contributed by atoms with Gasteiger partial charge in [0.25, 0.3) is 0 Å². The predicted molar refractivity (Wildman–Crippen MR) is 23.2 cm³/mol. The van der Waals surface area contributed by atoms with E-state index in [1.165, 1.54) is 6.20 Å². The Morgan fingerprint density at radius 1 is 2.00 bits per heavy atom. The maximum absolute atomic E-state index is 9.82. The average molecular weight is 99.1 g/mol. The summed E-state index contributed by atoms with van der Waals surface area (Å²) in [5.74, 6) is 0. The molecule has 0 unspecified atom stereocenters. The minimum Gasteiger partial charge on any atom is -0.298 e. The minimum atomic E-state index is 0.392. The van der Waals surface area contributed by atoms with Crippen LogP contribution in [-0.4, -0.2) is 12.9 Å². The number of rotatable bonds is 1. The second-order valence-corrected chi connectivity index (χ2v) is 1.24. The van der Waals surface area contributed by atoms with E-state index in [1.54, 1.807) is 0 Å². The number of hydrogen-bond acceptors (Lipinski definition) is 3. The van der Waals surface area contributed by atoms with Crippen molar-refractivity contribution in [2.75, 3.05) is 6.61 Å². The minimum absolute atomic E-state index is 0.392. The van der Waals surface area contributed by atoms with Gasteiger partial charge in [-0.2, -0.15) is 0 Å². The fraction of sp³-hybridized carbons (Fsp3) is 0.250. The van der Waals surface area contributed by atoms with Gasteiger partial charge in [0.1, 0.15) is 12.9 Å². The molecule has 1 N–H and O–H groups in total. The fourth-order valence-electron chi connectivity index (χ4n) is 0.352. The number of carbonyl (C=O) groups is 1. The van der Waals surface area contributed by atoms with Crippen molar-refractivity contribution in [3.63, 3.8) is 0 Å². The van der Waals surface area contributed by atoms with Crippen molar-refractivity contribution in [1.82, 2.24) is 5.48 Å². The third-order valence-corrected chi connectivity index (χ3v) is 0.718. The Hall–Kier alpha value is -0.830. The van der Waals surface area contributed by atoms with Crippen molar-refractivity contribution in [1.29, 1.82) is 0 Å². The van der Waals surface area contributed by atoms with Gasteiger partial charge in [0.05, 0.1) is 0 Å². The van der Waals surface area contributed by atoms with E-state index in [-0.39, 0.29) is 0 Å². The highest BCUT2D eigenvalue weighted by Crippen LogP contribution is 1.93. The lowest BCUT2D eigenvalue weighted by Gasteiger charge is -1.83. The summed E-state index contributed by atoms with van der Waals surface area (Å²) in [4.78, 5) is 14.4. The molecule has 0 atom stereocenters. The van der Waals surface area contributed by atoms with Crippen LogP contribution in [0.25, 0.3) is 0 Å². The molecule has 1 rings (SSSR count). The molecule has 0 amide bonds. The van der Waals surface area contributed by atoms with Crippen LogP contribution < -0.4 is 5.48 Å². The van der Waals surface area contributed by atoms with Gasteiger partial charge in [0.15, 0.2) is 0 Å². The molecule has 0 saturated heterocycles. The summed E-state index contributed by atoms with van der Waals surface area (Å²) < 4.78 is 0. The van der Waals surface area contributed by atoms with E-state index in [1.807, 2.05) is 0 Å². The summed E-state index contributed by atoms with van der Waals surface area (Å²) in [5.41, 5.74) is 3.08. The van der Waals surface area contributed by atoms with Gasteiger partial charge in [-0.1, -0.05) is 0 Å².